The number of sulfonamides is 1. The Kier molecular flexibility index (Phi) is 8.29. The van der Waals surface area contributed by atoms with Crippen molar-refractivity contribution in [2.24, 2.45) is 7.05 Å². The molecule has 1 fully saturated rings. The molecule has 44 heavy (non-hydrogen) atoms. The number of aliphatic hydroxyl groups is 1. The fourth-order valence-electron chi connectivity index (χ4n) is 5.58. The van der Waals surface area contributed by atoms with E-state index >= 15 is 0 Å². The maximum Gasteiger partial charge on any atom is 0.274 e. The number of aromatic nitrogens is 2. The van der Waals surface area contributed by atoms with Gasteiger partial charge >= 0.3 is 0 Å². The van der Waals surface area contributed by atoms with Crippen LogP contribution >= 0.6 is 15.9 Å². The van der Waals surface area contributed by atoms with Gasteiger partial charge in [0.2, 0.25) is 0 Å². The first-order valence-corrected chi connectivity index (χ1v) is 16.3. The molecule has 2 aromatic heterocycles. The highest BCUT2D eigenvalue weighted by Gasteiger charge is 2.33. The minimum Gasteiger partial charge on any atom is -0.392 e. The molecule has 4 aromatic rings. The second-order valence-corrected chi connectivity index (χ2v) is 13.3. The topological polar surface area (TPSA) is 134 Å². The Bertz CT molecular complexity index is 1910. The van der Waals surface area contributed by atoms with Crippen LogP contribution in [0.2, 0.25) is 0 Å². The molecule has 2 aromatic carbocycles. The molecule has 0 radical (unpaired) electrons. The van der Waals surface area contributed by atoms with Crippen molar-refractivity contribution in [1.82, 2.24) is 14.5 Å². The van der Waals surface area contributed by atoms with E-state index in [-0.39, 0.29) is 28.6 Å². The summed E-state index contributed by atoms with van der Waals surface area (Å²) in [6, 6.07) is 15.2. The van der Waals surface area contributed by atoms with Crippen LogP contribution in [0.15, 0.2) is 81.2 Å². The van der Waals surface area contributed by atoms with Crippen molar-refractivity contribution in [2.45, 2.75) is 17.9 Å². The minimum atomic E-state index is -3.87. The first-order valence-electron chi connectivity index (χ1n) is 14.0. The molecule has 4 heterocycles. The van der Waals surface area contributed by atoms with Crippen LogP contribution in [0.3, 0.4) is 0 Å². The Balaban J connectivity index is 1.32. The number of anilines is 3. The lowest BCUT2D eigenvalue weighted by Crippen LogP contribution is -2.40. The van der Waals surface area contributed by atoms with Gasteiger partial charge in [-0.05, 0) is 60.0 Å². The Morgan fingerprint density at radius 1 is 1.09 bits per heavy atom. The highest BCUT2D eigenvalue weighted by Crippen LogP contribution is 2.38. The number of pyridine rings is 2. The minimum absolute atomic E-state index is 0.131. The Morgan fingerprint density at radius 3 is 2.61 bits per heavy atom. The van der Waals surface area contributed by atoms with Crippen molar-refractivity contribution in [3.63, 3.8) is 0 Å². The highest BCUT2D eigenvalue weighted by atomic mass is 79.9. The van der Waals surface area contributed by atoms with Crippen molar-refractivity contribution < 1.29 is 23.1 Å². The molecule has 2 N–H and O–H groups in total. The highest BCUT2D eigenvalue weighted by molar-refractivity contribution is 9.10. The van der Waals surface area contributed by atoms with Gasteiger partial charge in [0.1, 0.15) is 11.5 Å². The summed E-state index contributed by atoms with van der Waals surface area (Å²) in [7, 11) is -2.26. The molecule has 228 valence electrons. The van der Waals surface area contributed by atoms with Crippen molar-refractivity contribution in [2.75, 3.05) is 42.5 Å². The number of hydrogen-bond donors (Lipinski definition) is 2. The van der Waals surface area contributed by atoms with Gasteiger partial charge in [0.15, 0.2) is 0 Å². The number of hydrogen-bond acceptors (Lipinski definition) is 8. The van der Waals surface area contributed by atoms with E-state index in [2.05, 4.69) is 26.2 Å². The molecule has 1 saturated heterocycles. The fraction of sp³-hybridized carbons (Fsp3) is 0.258. The van der Waals surface area contributed by atoms with E-state index in [1.807, 2.05) is 6.07 Å². The van der Waals surface area contributed by atoms with Gasteiger partial charge < -0.3 is 24.6 Å². The molecule has 0 saturated carbocycles. The van der Waals surface area contributed by atoms with Crippen LogP contribution in [0.1, 0.15) is 21.5 Å². The van der Waals surface area contributed by atoms with Gasteiger partial charge in [-0.1, -0.05) is 28.1 Å². The molecule has 13 heteroatoms. The number of halogens is 1. The summed E-state index contributed by atoms with van der Waals surface area (Å²) >= 11 is 3.41. The molecule has 1 amide bonds. The quantitative estimate of drug-likeness (QED) is 0.315. The molecular formula is C31H30BrN5O6S. The third-order valence-electron chi connectivity index (χ3n) is 7.82. The van der Waals surface area contributed by atoms with Crippen LogP contribution in [0, 0.1) is 0 Å². The van der Waals surface area contributed by atoms with Crippen LogP contribution in [-0.4, -0.2) is 66.7 Å². The molecule has 0 aliphatic carbocycles. The summed E-state index contributed by atoms with van der Waals surface area (Å²) in [6.07, 6.45) is 3.62. The van der Waals surface area contributed by atoms with Gasteiger partial charge in [-0.15, -0.1) is 0 Å². The SMILES string of the molecule is Cn1cc(-c2cccc(N3CCc4cc(Br)ccc4S3(=O)=O)c2CO)cc(Nc2ccc(C(=O)N3CCOCC3)cn2)c1=O. The van der Waals surface area contributed by atoms with Crippen LogP contribution in [0.25, 0.3) is 11.1 Å². The van der Waals surface area contributed by atoms with Gasteiger partial charge in [0.05, 0.1) is 36.0 Å². The zero-order chi connectivity index (χ0) is 31.0. The number of nitrogens with zero attached hydrogens (tertiary/aromatic N) is 4. The van der Waals surface area contributed by atoms with E-state index < -0.39 is 16.6 Å². The Hall–Kier alpha value is -4.04. The predicted molar refractivity (Wildman–Crippen MR) is 170 cm³/mol. The summed E-state index contributed by atoms with van der Waals surface area (Å²) in [6.45, 7) is 1.84. The van der Waals surface area contributed by atoms with Crippen molar-refractivity contribution in [1.29, 1.82) is 0 Å². The summed E-state index contributed by atoms with van der Waals surface area (Å²) in [5.74, 6) is 0.243. The van der Waals surface area contributed by atoms with Crippen LogP contribution < -0.4 is 15.2 Å². The maximum absolute atomic E-state index is 13.7. The third-order valence-corrected chi connectivity index (χ3v) is 10.2. The number of amides is 1. The number of carbonyl (C=O) groups excluding carboxylic acids is 1. The first-order chi connectivity index (χ1) is 21.2. The van der Waals surface area contributed by atoms with Crippen molar-refractivity contribution in [3.05, 3.63) is 98.5 Å². The van der Waals surface area contributed by atoms with E-state index in [1.165, 1.54) is 15.1 Å². The third kappa shape index (κ3) is 5.63. The number of benzene rings is 2. The average molecular weight is 681 g/mol. The van der Waals surface area contributed by atoms with Crippen molar-refractivity contribution in [3.8, 4) is 11.1 Å². The lowest BCUT2D eigenvalue weighted by molar-refractivity contribution is 0.0302. The van der Waals surface area contributed by atoms with Crippen LogP contribution in [0.5, 0.6) is 0 Å². The number of morpholine rings is 1. The molecule has 0 atom stereocenters. The normalized spacial score (nSPS) is 16.0. The predicted octanol–water partition coefficient (Wildman–Crippen LogP) is 3.67. The standard InChI is InChI=1S/C31H30BrN5O6S/c1-35-18-22(16-26(31(35)40)34-29-8-5-21(17-33-29)30(39)36-11-13-43-14-12-36)24-3-2-4-27(25(24)19-38)37-10-9-20-15-23(32)6-7-28(20)44(37,41)42/h2-8,15-18,38H,9-14,19H2,1H3,(H,33,34). The summed E-state index contributed by atoms with van der Waals surface area (Å²) in [5.41, 5.74) is 3.06. The number of fused-ring (bicyclic) bond motifs is 1. The lowest BCUT2D eigenvalue weighted by atomic mass is 9.99. The second kappa shape index (κ2) is 12.2. The molecule has 2 aliphatic heterocycles. The van der Waals surface area contributed by atoms with Gasteiger partial charge in [-0.2, -0.15) is 0 Å². The zero-order valence-electron chi connectivity index (χ0n) is 23.9. The fourth-order valence-corrected chi connectivity index (χ4v) is 7.72. The number of carbonyl (C=O) groups is 1. The molecular weight excluding hydrogens is 650 g/mol. The number of ether oxygens (including phenoxy) is 1. The monoisotopic (exact) mass is 679 g/mol. The molecule has 2 aliphatic rings. The zero-order valence-corrected chi connectivity index (χ0v) is 26.3. The molecule has 0 spiro atoms. The number of aliphatic hydroxyl groups excluding tert-OH is 1. The second-order valence-electron chi connectivity index (χ2n) is 10.6. The number of aryl methyl sites for hydroxylation is 1. The van der Waals surface area contributed by atoms with E-state index in [9.17, 15) is 23.1 Å². The van der Waals surface area contributed by atoms with E-state index in [4.69, 9.17) is 4.74 Å². The summed E-state index contributed by atoms with van der Waals surface area (Å²) in [4.78, 5) is 32.2. The maximum atomic E-state index is 13.7. The summed E-state index contributed by atoms with van der Waals surface area (Å²) < 4.78 is 36.2. The largest absolute Gasteiger partial charge is 0.392 e. The lowest BCUT2D eigenvalue weighted by Gasteiger charge is -2.32. The van der Waals surface area contributed by atoms with Crippen molar-refractivity contribution >= 4 is 49.1 Å². The van der Waals surface area contributed by atoms with E-state index in [0.29, 0.717) is 66.5 Å². The summed E-state index contributed by atoms with van der Waals surface area (Å²) in [5, 5.41) is 13.6. The first kappa shape index (κ1) is 30.0. The molecule has 0 unspecified atom stereocenters. The smallest absolute Gasteiger partial charge is 0.274 e. The Morgan fingerprint density at radius 2 is 1.89 bits per heavy atom. The van der Waals surface area contributed by atoms with Gasteiger partial charge in [-0.3, -0.25) is 13.9 Å². The van der Waals surface area contributed by atoms with E-state index in [0.717, 1.165) is 10.0 Å². The number of rotatable bonds is 6. The van der Waals surface area contributed by atoms with E-state index in [1.54, 1.807) is 66.7 Å². The molecule has 11 nitrogen and oxygen atoms in total. The van der Waals surface area contributed by atoms with Gasteiger partial charge in [0.25, 0.3) is 21.5 Å². The van der Waals surface area contributed by atoms with Gasteiger partial charge in [0, 0.05) is 54.7 Å². The number of nitrogens with one attached hydrogen (secondary N) is 1. The van der Waals surface area contributed by atoms with Crippen LogP contribution in [-0.2, 0) is 34.8 Å². The molecule has 6 rings (SSSR count). The van der Waals surface area contributed by atoms with Crippen LogP contribution in [0.4, 0.5) is 17.2 Å². The Labute approximate surface area is 262 Å². The molecule has 0 bridgehead atoms. The average Bonchev–Trinajstić information content (AvgIpc) is 3.03. The van der Waals surface area contributed by atoms with Gasteiger partial charge in [-0.25, -0.2) is 13.4 Å².